The average molecular weight is 337 g/mol. The van der Waals surface area contributed by atoms with Crippen LogP contribution >= 0.6 is 0 Å². The summed E-state index contributed by atoms with van der Waals surface area (Å²) in [7, 11) is 0. The van der Waals surface area contributed by atoms with Gasteiger partial charge in [-0.05, 0) is 48.2 Å². The molecule has 0 N–H and O–H groups in total. The highest BCUT2D eigenvalue weighted by molar-refractivity contribution is 5.39. The summed E-state index contributed by atoms with van der Waals surface area (Å²) in [5.41, 5.74) is 4.16. The van der Waals surface area contributed by atoms with Crippen molar-refractivity contribution in [3.8, 4) is 5.75 Å². The molecule has 0 spiro atoms. The monoisotopic (exact) mass is 337 g/mol. The van der Waals surface area contributed by atoms with Crippen molar-refractivity contribution in [2.24, 2.45) is 0 Å². The van der Waals surface area contributed by atoms with Gasteiger partial charge in [0.25, 0.3) is 0 Å². The Morgan fingerprint density at radius 2 is 1.88 bits per heavy atom. The first-order valence-corrected chi connectivity index (χ1v) is 9.45. The van der Waals surface area contributed by atoms with Crippen molar-refractivity contribution in [3.05, 3.63) is 59.4 Å². The van der Waals surface area contributed by atoms with Gasteiger partial charge in [0.15, 0.2) is 0 Å². The van der Waals surface area contributed by atoms with E-state index in [0.717, 1.165) is 38.4 Å². The first kappa shape index (κ1) is 16.6. The van der Waals surface area contributed by atoms with Crippen molar-refractivity contribution in [2.75, 3.05) is 39.3 Å². The third kappa shape index (κ3) is 4.39. The molecule has 1 aromatic heterocycles. The molecule has 4 heteroatoms. The van der Waals surface area contributed by atoms with Gasteiger partial charge in [-0.15, -0.1) is 0 Å². The molecule has 1 saturated heterocycles. The normalized spacial score (nSPS) is 18.1. The van der Waals surface area contributed by atoms with E-state index in [2.05, 4.69) is 39.0 Å². The van der Waals surface area contributed by atoms with Crippen LogP contribution in [0.1, 0.15) is 23.1 Å². The molecule has 2 aliphatic rings. The Hall–Kier alpha value is -1.91. The van der Waals surface area contributed by atoms with Crippen LogP contribution in [0.4, 0.5) is 0 Å². The number of aromatic nitrogens is 1. The summed E-state index contributed by atoms with van der Waals surface area (Å²) in [5, 5.41) is 0. The zero-order chi connectivity index (χ0) is 16.9. The molecule has 0 unspecified atom stereocenters. The zero-order valence-corrected chi connectivity index (χ0v) is 14.9. The lowest BCUT2D eigenvalue weighted by Crippen LogP contribution is -2.46. The molecule has 2 aromatic rings. The molecule has 0 radical (unpaired) electrons. The first-order chi connectivity index (χ1) is 12.4. The van der Waals surface area contributed by atoms with Gasteiger partial charge in [-0.25, -0.2) is 0 Å². The predicted molar refractivity (Wildman–Crippen MR) is 99.9 cm³/mol. The maximum Gasteiger partial charge on any atom is 0.122 e. The standard InChI is InChI=1S/C21H27N3O/c1-3-19(16-22-8-1)17-24-12-10-23(11-13-24)9-2-4-18-5-6-21-20(15-18)7-14-25-21/h1,3,5-6,8,15-16H,2,4,7,9-14,17H2. The molecule has 2 aliphatic heterocycles. The summed E-state index contributed by atoms with van der Waals surface area (Å²) in [4.78, 5) is 9.35. The molecule has 4 nitrogen and oxygen atoms in total. The highest BCUT2D eigenvalue weighted by Crippen LogP contribution is 2.26. The summed E-state index contributed by atoms with van der Waals surface area (Å²) in [6.07, 6.45) is 7.30. The van der Waals surface area contributed by atoms with Gasteiger partial charge in [0, 0.05) is 51.5 Å². The highest BCUT2D eigenvalue weighted by atomic mass is 16.5. The van der Waals surface area contributed by atoms with Crippen LogP contribution in [0.25, 0.3) is 0 Å². The lowest BCUT2D eigenvalue weighted by Gasteiger charge is -2.34. The molecule has 3 heterocycles. The van der Waals surface area contributed by atoms with E-state index in [1.54, 1.807) is 0 Å². The molecule has 0 saturated carbocycles. The van der Waals surface area contributed by atoms with E-state index in [4.69, 9.17) is 4.74 Å². The fourth-order valence-corrected chi connectivity index (χ4v) is 3.82. The van der Waals surface area contributed by atoms with Crippen molar-refractivity contribution < 1.29 is 4.74 Å². The van der Waals surface area contributed by atoms with Gasteiger partial charge in [0.2, 0.25) is 0 Å². The van der Waals surface area contributed by atoms with Gasteiger partial charge in [-0.3, -0.25) is 9.88 Å². The van der Waals surface area contributed by atoms with E-state index in [1.165, 1.54) is 49.2 Å². The van der Waals surface area contributed by atoms with Crippen LogP contribution in [0.2, 0.25) is 0 Å². The molecule has 0 atom stereocenters. The van der Waals surface area contributed by atoms with Crippen LogP contribution in [0.5, 0.6) is 5.75 Å². The SMILES string of the molecule is c1cncc(CN2CCN(CCCc3ccc4c(c3)CCO4)CC2)c1. The molecule has 0 bridgehead atoms. The van der Waals surface area contributed by atoms with Gasteiger partial charge in [-0.1, -0.05) is 18.2 Å². The Morgan fingerprint density at radius 1 is 1.00 bits per heavy atom. The predicted octanol–water partition coefficient (Wildman–Crippen LogP) is 2.77. The quantitative estimate of drug-likeness (QED) is 0.810. The zero-order valence-electron chi connectivity index (χ0n) is 14.9. The molecule has 4 rings (SSSR count). The van der Waals surface area contributed by atoms with Crippen LogP contribution < -0.4 is 4.74 Å². The van der Waals surface area contributed by atoms with Gasteiger partial charge < -0.3 is 9.64 Å². The Kier molecular flexibility index (Phi) is 5.28. The Labute approximate surface area is 150 Å². The Morgan fingerprint density at radius 3 is 2.72 bits per heavy atom. The van der Waals surface area contributed by atoms with E-state index >= 15 is 0 Å². The number of fused-ring (bicyclic) bond motifs is 1. The number of benzene rings is 1. The first-order valence-electron chi connectivity index (χ1n) is 9.45. The van der Waals surface area contributed by atoms with Crippen LogP contribution in [-0.2, 0) is 19.4 Å². The minimum absolute atomic E-state index is 0.849. The lowest BCUT2D eigenvalue weighted by atomic mass is 10.0. The summed E-state index contributed by atoms with van der Waals surface area (Å²) in [6, 6.07) is 10.9. The second kappa shape index (κ2) is 7.98. The minimum atomic E-state index is 0.849. The largest absolute Gasteiger partial charge is 0.493 e. The van der Waals surface area contributed by atoms with Crippen molar-refractivity contribution in [3.63, 3.8) is 0 Å². The smallest absolute Gasteiger partial charge is 0.122 e. The summed E-state index contributed by atoms with van der Waals surface area (Å²) in [5.74, 6) is 1.09. The molecule has 0 amide bonds. The van der Waals surface area contributed by atoms with Gasteiger partial charge in [0.05, 0.1) is 6.61 Å². The molecule has 1 fully saturated rings. The van der Waals surface area contributed by atoms with E-state index in [9.17, 15) is 0 Å². The third-order valence-electron chi connectivity index (χ3n) is 5.29. The number of nitrogens with zero attached hydrogens (tertiary/aromatic N) is 3. The maximum atomic E-state index is 5.59. The maximum absolute atomic E-state index is 5.59. The van der Waals surface area contributed by atoms with Crippen molar-refractivity contribution in [2.45, 2.75) is 25.8 Å². The summed E-state index contributed by atoms with van der Waals surface area (Å²) < 4.78 is 5.59. The lowest BCUT2D eigenvalue weighted by molar-refractivity contribution is 0.126. The third-order valence-corrected chi connectivity index (χ3v) is 5.29. The van der Waals surface area contributed by atoms with E-state index in [1.807, 2.05) is 18.5 Å². The van der Waals surface area contributed by atoms with E-state index in [-0.39, 0.29) is 0 Å². The van der Waals surface area contributed by atoms with Gasteiger partial charge in [0.1, 0.15) is 5.75 Å². The number of hydrogen-bond donors (Lipinski definition) is 0. The van der Waals surface area contributed by atoms with E-state index in [0.29, 0.717) is 0 Å². The van der Waals surface area contributed by atoms with Gasteiger partial charge >= 0.3 is 0 Å². The second-order valence-electron chi connectivity index (χ2n) is 7.12. The second-order valence-corrected chi connectivity index (χ2v) is 7.12. The number of piperazine rings is 1. The fourth-order valence-electron chi connectivity index (χ4n) is 3.82. The number of ether oxygens (including phenoxy) is 1. The molecular formula is C21H27N3O. The van der Waals surface area contributed by atoms with Crippen molar-refractivity contribution >= 4 is 0 Å². The number of hydrogen-bond acceptors (Lipinski definition) is 4. The topological polar surface area (TPSA) is 28.6 Å². The molecule has 1 aromatic carbocycles. The Bertz CT molecular complexity index is 681. The van der Waals surface area contributed by atoms with Crippen molar-refractivity contribution in [1.82, 2.24) is 14.8 Å². The van der Waals surface area contributed by atoms with Gasteiger partial charge in [-0.2, -0.15) is 0 Å². The van der Waals surface area contributed by atoms with Crippen LogP contribution in [-0.4, -0.2) is 54.1 Å². The molecule has 132 valence electrons. The van der Waals surface area contributed by atoms with Crippen molar-refractivity contribution in [1.29, 1.82) is 0 Å². The molecule has 25 heavy (non-hydrogen) atoms. The highest BCUT2D eigenvalue weighted by Gasteiger charge is 2.17. The van der Waals surface area contributed by atoms with E-state index < -0.39 is 0 Å². The van der Waals surface area contributed by atoms with Crippen LogP contribution in [0.15, 0.2) is 42.7 Å². The van der Waals surface area contributed by atoms with Crippen LogP contribution in [0, 0.1) is 0 Å². The fraction of sp³-hybridized carbons (Fsp3) is 0.476. The number of aryl methyl sites for hydroxylation is 1. The minimum Gasteiger partial charge on any atom is -0.493 e. The Balaban J connectivity index is 1.18. The number of pyridine rings is 1. The summed E-state index contributed by atoms with van der Waals surface area (Å²) >= 11 is 0. The molecule has 0 aliphatic carbocycles. The summed E-state index contributed by atoms with van der Waals surface area (Å²) in [6.45, 7) is 7.75. The van der Waals surface area contributed by atoms with Crippen LogP contribution in [0.3, 0.4) is 0 Å². The number of rotatable bonds is 6. The molecular weight excluding hydrogens is 310 g/mol. The average Bonchev–Trinajstić information content (AvgIpc) is 3.12.